The smallest absolute Gasteiger partial charge is 0.295 e. The zero-order valence-electron chi connectivity index (χ0n) is 16.4. The van der Waals surface area contributed by atoms with E-state index in [1.165, 1.54) is 12.1 Å². The lowest BCUT2D eigenvalue weighted by molar-refractivity contribution is 0.101. The number of benzene rings is 3. The summed E-state index contributed by atoms with van der Waals surface area (Å²) >= 11 is 6.04. The molecule has 3 aromatic carbocycles. The number of nitrogens with zero attached hydrogens (tertiary/aromatic N) is 3. The predicted molar refractivity (Wildman–Crippen MR) is 116 cm³/mol. The number of aryl methyl sites for hydroxylation is 2. The fourth-order valence-electron chi connectivity index (χ4n) is 2.97. The third kappa shape index (κ3) is 4.09. The molecule has 4 rings (SSSR count). The van der Waals surface area contributed by atoms with Crippen molar-refractivity contribution in [3.8, 4) is 17.1 Å². The second kappa shape index (κ2) is 8.08. The standard InChI is InChI=1S/C23H18ClFN4O/c1-14-3-11-19(12-4-14)29-22(16-6-9-18(25)10-7-16)27-21(28-29)23(30)26-20-13-17(24)8-5-15(20)2/h3-13H,1-2H3,(H,26,30). The molecule has 0 spiro atoms. The van der Waals surface area contributed by atoms with Crippen molar-refractivity contribution in [1.29, 1.82) is 0 Å². The molecule has 0 saturated carbocycles. The Morgan fingerprint density at radius 3 is 2.40 bits per heavy atom. The summed E-state index contributed by atoms with van der Waals surface area (Å²) in [6.45, 7) is 3.85. The molecule has 5 nitrogen and oxygen atoms in total. The third-order valence-corrected chi connectivity index (χ3v) is 4.87. The lowest BCUT2D eigenvalue weighted by atomic mass is 10.2. The lowest BCUT2D eigenvalue weighted by Crippen LogP contribution is -2.15. The summed E-state index contributed by atoms with van der Waals surface area (Å²) in [4.78, 5) is 17.3. The maximum atomic E-state index is 13.4. The number of nitrogens with one attached hydrogen (secondary N) is 1. The highest BCUT2D eigenvalue weighted by Crippen LogP contribution is 2.24. The molecule has 1 aromatic heterocycles. The van der Waals surface area contributed by atoms with Gasteiger partial charge < -0.3 is 5.32 Å². The van der Waals surface area contributed by atoms with Crippen molar-refractivity contribution in [2.45, 2.75) is 13.8 Å². The first-order valence-electron chi connectivity index (χ1n) is 9.28. The van der Waals surface area contributed by atoms with Crippen LogP contribution in [0, 0.1) is 19.7 Å². The third-order valence-electron chi connectivity index (χ3n) is 4.64. The molecule has 0 aliphatic heterocycles. The van der Waals surface area contributed by atoms with Gasteiger partial charge >= 0.3 is 0 Å². The summed E-state index contributed by atoms with van der Waals surface area (Å²) in [6.07, 6.45) is 0. The van der Waals surface area contributed by atoms with Gasteiger partial charge in [0.15, 0.2) is 5.82 Å². The minimum Gasteiger partial charge on any atom is -0.319 e. The molecule has 1 heterocycles. The van der Waals surface area contributed by atoms with Gasteiger partial charge in [0.05, 0.1) is 5.69 Å². The van der Waals surface area contributed by atoms with Crippen LogP contribution in [0.5, 0.6) is 0 Å². The van der Waals surface area contributed by atoms with Crippen LogP contribution in [0.1, 0.15) is 21.7 Å². The average Bonchev–Trinajstić information content (AvgIpc) is 3.17. The fourth-order valence-corrected chi connectivity index (χ4v) is 3.14. The van der Waals surface area contributed by atoms with Crippen LogP contribution in [0.3, 0.4) is 0 Å². The van der Waals surface area contributed by atoms with E-state index in [1.807, 2.05) is 44.2 Å². The monoisotopic (exact) mass is 420 g/mol. The average molecular weight is 421 g/mol. The molecule has 0 saturated heterocycles. The molecule has 0 radical (unpaired) electrons. The maximum absolute atomic E-state index is 13.4. The Morgan fingerprint density at radius 1 is 1.00 bits per heavy atom. The number of aromatic nitrogens is 3. The normalized spacial score (nSPS) is 10.8. The van der Waals surface area contributed by atoms with Crippen LogP contribution in [0.2, 0.25) is 5.02 Å². The van der Waals surface area contributed by atoms with Gasteiger partial charge in [0.2, 0.25) is 5.82 Å². The van der Waals surface area contributed by atoms with E-state index >= 15 is 0 Å². The largest absolute Gasteiger partial charge is 0.319 e. The minimum absolute atomic E-state index is 0.00530. The Kier molecular flexibility index (Phi) is 5.33. The Morgan fingerprint density at radius 2 is 1.70 bits per heavy atom. The molecule has 0 unspecified atom stereocenters. The van der Waals surface area contributed by atoms with E-state index in [1.54, 1.807) is 28.9 Å². The number of carbonyl (C=O) groups is 1. The van der Waals surface area contributed by atoms with Crippen molar-refractivity contribution in [2.24, 2.45) is 0 Å². The van der Waals surface area contributed by atoms with Gasteiger partial charge in [-0.1, -0.05) is 35.4 Å². The van der Waals surface area contributed by atoms with Crippen LogP contribution in [0.15, 0.2) is 66.7 Å². The summed E-state index contributed by atoms with van der Waals surface area (Å²) < 4.78 is 15.0. The molecular weight excluding hydrogens is 403 g/mol. The number of carbonyl (C=O) groups excluding carboxylic acids is 1. The topological polar surface area (TPSA) is 59.8 Å². The van der Waals surface area contributed by atoms with Gasteiger partial charge in [0, 0.05) is 16.3 Å². The molecule has 0 atom stereocenters. The molecule has 4 aromatic rings. The van der Waals surface area contributed by atoms with Crippen LogP contribution in [-0.2, 0) is 0 Å². The van der Waals surface area contributed by atoms with E-state index in [-0.39, 0.29) is 11.6 Å². The molecule has 1 N–H and O–H groups in total. The number of amides is 1. The summed E-state index contributed by atoms with van der Waals surface area (Å²) in [6, 6.07) is 18.8. The highest BCUT2D eigenvalue weighted by Gasteiger charge is 2.19. The van der Waals surface area contributed by atoms with Crippen LogP contribution in [-0.4, -0.2) is 20.7 Å². The Hall–Kier alpha value is -3.51. The molecule has 30 heavy (non-hydrogen) atoms. The van der Waals surface area contributed by atoms with E-state index in [0.717, 1.165) is 16.8 Å². The minimum atomic E-state index is -0.463. The first kappa shape index (κ1) is 19.8. The molecular formula is C23H18ClFN4O. The highest BCUT2D eigenvalue weighted by atomic mass is 35.5. The molecule has 0 fully saturated rings. The summed E-state index contributed by atoms with van der Waals surface area (Å²) in [5, 5.41) is 7.75. The second-order valence-corrected chi connectivity index (χ2v) is 7.36. The zero-order valence-corrected chi connectivity index (χ0v) is 17.1. The number of hydrogen-bond donors (Lipinski definition) is 1. The van der Waals surface area contributed by atoms with Gasteiger partial charge in [-0.25, -0.2) is 14.1 Å². The van der Waals surface area contributed by atoms with E-state index in [0.29, 0.717) is 22.1 Å². The van der Waals surface area contributed by atoms with Crippen molar-refractivity contribution < 1.29 is 9.18 Å². The second-order valence-electron chi connectivity index (χ2n) is 6.93. The van der Waals surface area contributed by atoms with Crippen LogP contribution in [0.25, 0.3) is 17.1 Å². The predicted octanol–water partition coefficient (Wildman–Crippen LogP) is 5.60. The van der Waals surface area contributed by atoms with Crippen molar-refractivity contribution in [3.05, 3.63) is 94.5 Å². The summed E-state index contributed by atoms with van der Waals surface area (Å²) in [5.74, 6) is -0.384. The van der Waals surface area contributed by atoms with Gasteiger partial charge in [-0.05, 0) is 67.9 Å². The lowest BCUT2D eigenvalue weighted by Gasteiger charge is -2.07. The van der Waals surface area contributed by atoms with E-state index < -0.39 is 5.91 Å². The van der Waals surface area contributed by atoms with Gasteiger partial charge in [0.25, 0.3) is 5.91 Å². The zero-order chi connectivity index (χ0) is 21.3. The van der Waals surface area contributed by atoms with Crippen LogP contribution in [0.4, 0.5) is 10.1 Å². The van der Waals surface area contributed by atoms with Crippen LogP contribution < -0.4 is 5.32 Å². The molecule has 0 bridgehead atoms. The molecule has 7 heteroatoms. The van der Waals surface area contributed by atoms with Crippen molar-refractivity contribution in [1.82, 2.24) is 14.8 Å². The number of halogens is 2. The van der Waals surface area contributed by atoms with Crippen LogP contribution >= 0.6 is 11.6 Å². The quantitative estimate of drug-likeness (QED) is 0.467. The SMILES string of the molecule is Cc1ccc(-n2nc(C(=O)Nc3cc(Cl)ccc3C)nc2-c2ccc(F)cc2)cc1. The van der Waals surface area contributed by atoms with E-state index in [4.69, 9.17) is 11.6 Å². The molecule has 1 amide bonds. The Labute approximate surface area is 178 Å². The molecule has 0 aliphatic rings. The molecule has 150 valence electrons. The highest BCUT2D eigenvalue weighted by molar-refractivity contribution is 6.31. The maximum Gasteiger partial charge on any atom is 0.295 e. The number of rotatable bonds is 4. The van der Waals surface area contributed by atoms with E-state index in [2.05, 4.69) is 15.4 Å². The van der Waals surface area contributed by atoms with Gasteiger partial charge in [-0.2, -0.15) is 0 Å². The fraction of sp³-hybridized carbons (Fsp3) is 0.0870. The summed E-state index contributed by atoms with van der Waals surface area (Å²) in [7, 11) is 0. The van der Waals surface area contributed by atoms with Gasteiger partial charge in [-0.15, -0.1) is 5.10 Å². The van der Waals surface area contributed by atoms with Crippen molar-refractivity contribution in [3.63, 3.8) is 0 Å². The number of anilines is 1. The van der Waals surface area contributed by atoms with Gasteiger partial charge in [0.1, 0.15) is 5.82 Å². The van der Waals surface area contributed by atoms with Gasteiger partial charge in [-0.3, -0.25) is 4.79 Å². The summed E-state index contributed by atoms with van der Waals surface area (Å²) in [5.41, 5.74) is 3.93. The van der Waals surface area contributed by atoms with Crippen molar-refractivity contribution >= 4 is 23.2 Å². The first-order chi connectivity index (χ1) is 14.4. The van der Waals surface area contributed by atoms with Crippen molar-refractivity contribution in [2.75, 3.05) is 5.32 Å². The number of hydrogen-bond acceptors (Lipinski definition) is 3. The first-order valence-corrected chi connectivity index (χ1v) is 9.66. The molecule has 0 aliphatic carbocycles. The Balaban J connectivity index is 1.76. The Bertz CT molecular complexity index is 1150. The van der Waals surface area contributed by atoms with E-state index in [9.17, 15) is 9.18 Å².